The highest BCUT2D eigenvalue weighted by atomic mass is 32.1. The van der Waals surface area contributed by atoms with Crippen molar-refractivity contribution in [3.8, 4) is 28.4 Å². The fourth-order valence-electron chi connectivity index (χ4n) is 3.73. The maximum absolute atomic E-state index is 12.6. The van der Waals surface area contributed by atoms with Gasteiger partial charge in [0.2, 0.25) is 5.91 Å². The predicted molar refractivity (Wildman–Crippen MR) is 111 cm³/mol. The molecule has 0 bridgehead atoms. The number of fused-ring (bicyclic) bond motifs is 1. The first-order chi connectivity index (χ1) is 13.7. The summed E-state index contributed by atoms with van der Waals surface area (Å²) in [4.78, 5) is 13.7. The van der Waals surface area contributed by atoms with Gasteiger partial charge in [-0.15, -0.1) is 11.3 Å². The Labute approximate surface area is 167 Å². The molecule has 0 radical (unpaired) electrons. The zero-order valence-corrected chi connectivity index (χ0v) is 16.8. The topological polar surface area (TPSA) is 56.8 Å². The van der Waals surface area contributed by atoms with Crippen molar-refractivity contribution in [1.82, 2.24) is 0 Å². The molecule has 2 heterocycles. The van der Waals surface area contributed by atoms with Crippen molar-refractivity contribution in [3.63, 3.8) is 0 Å². The average Bonchev–Trinajstić information content (AvgIpc) is 3.15. The van der Waals surface area contributed by atoms with E-state index in [1.807, 2.05) is 42.5 Å². The van der Waals surface area contributed by atoms with E-state index >= 15 is 0 Å². The van der Waals surface area contributed by atoms with Crippen molar-refractivity contribution < 1.29 is 19.0 Å². The molecule has 1 aliphatic rings. The molecular weight excluding hydrogens is 374 g/mol. The molecular formula is C22H21NO4S. The Morgan fingerprint density at radius 3 is 2.43 bits per heavy atom. The average molecular weight is 395 g/mol. The van der Waals surface area contributed by atoms with Gasteiger partial charge in [0.25, 0.3) is 0 Å². The summed E-state index contributed by atoms with van der Waals surface area (Å²) in [6.45, 7) is 0. The second-order valence-corrected chi connectivity index (χ2v) is 7.39. The lowest BCUT2D eigenvalue weighted by Gasteiger charge is -2.26. The van der Waals surface area contributed by atoms with Gasteiger partial charge in [-0.05, 0) is 12.1 Å². The lowest BCUT2D eigenvalue weighted by atomic mass is 9.88. The van der Waals surface area contributed by atoms with Gasteiger partial charge in [-0.1, -0.05) is 30.3 Å². The number of para-hydroxylation sites is 2. The molecule has 0 saturated heterocycles. The third-order valence-electron chi connectivity index (χ3n) is 5.00. The number of rotatable bonds is 5. The Kier molecular flexibility index (Phi) is 4.96. The van der Waals surface area contributed by atoms with Crippen molar-refractivity contribution in [2.45, 2.75) is 12.3 Å². The van der Waals surface area contributed by atoms with Crippen LogP contribution in [0.15, 0.2) is 47.8 Å². The molecule has 1 atom stereocenters. The van der Waals surface area contributed by atoms with E-state index in [0.29, 0.717) is 17.9 Å². The number of carbonyl (C=O) groups excluding carboxylic acids is 1. The number of ether oxygens (including phenoxy) is 3. The van der Waals surface area contributed by atoms with Crippen LogP contribution in [0.25, 0.3) is 11.1 Å². The van der Waals surface area contributed by atoms with Crippen LogP contribution in [0.5, 0.6) is 17.2 Å². The summed E-state index contributed by atoms with van der Waals surface area (Å²) in [5.41, 5.74) is 3.73. The maximum Gasteiger partial charge on any atom is 0.225 e. The molecule has 28 heavy (non-hydrogen) atoms. The Hall–Kier alpha value is -2.99. The molecule has 5 nitrogen and oxygen atoms in total. The van der Waals surface area contributed by atoms with E-state index in [0.717, 1.165) is 33.0 Å². The van der Waals surface area contributed by atoms with Gasteiger partial charge >= 0.3 is 0 Å². The number of carbonyl (C=O) groups is 1. The first-order valence-corrected chi connectivity index (χ1v) is 9.81. The van der Waals surface area contributed by atoms with Gasteiger partial charge < -0.3 is 19.5 Å². The molecule has 2 aromatic carbocycles. The number of nitrogens with one attached hydrogen (secondary N) is 1. The highest BCUT2D eigenvalue weighted by Crippen LogP contribution is 2.50. The molecule has 1 amide bonds. The molecule has 0 fully saturated rings. The van der Waals surface area contributed by atoms with Crippen LogP contribution in [0.4, 0.5) is 5.69 Å². The normalized spacial score (nSPS) is 15.5. The fraction of sp³-hybridized carbons (Fsp3) is 0.227. The SMILES string of the molecule is COc1ccccc1-c1csc2c1NC(=O)C[C@H]2c1cccc(OC)c1OC. The Morgan fingerprint density at radius 2 is 1.68 bits per heavy atom. The van der Waals surface area contributed by atoms with Crippen molar-refractivity contribution in [2.24, 2.45) is 0 Å². The van der Waals surface area contributed by atoms with Gasteiger partial charge in [0.1, 0.15) is 5.75 Å². The van der Waals surface area contributed by atoms with Gasteiger partial charge in [-0.3, -0.25) is 4.79 Å². The lowest BCUT2D eigenvalue weighted by Crippen LogP contribution is -2.22. The quantitative estimate of drug-likeness (QED) is 0.667. The summed E-state index contributed by atoms with van der Waals surface area (Å²) in [7, 11) is 4.89. The third-order valence-corrected chi connectivity index (χ3v) is 6.09. The second-order valence-electron chi connectivity index (χ2n) is 6.48. The zero-order chi connectivity index (χ0) is 19.7. The Morgan fingerprint density at radius 1 is 0.929 bits per heavy atom. The predicted octanol–water partition coefficient (Wildman–Crippen LogP) is 4.92. The minimum atomic E-state index is -0.0951. The summed E-state index contributed by atoms with van der Waals surface area (Å²) in [6, 6.07) is 13.6. The maximum atomic E-state index is 12.6. The molecule has 0 saturated carbocycles. The van der Waals surface area contributed by atoms with Crippen molar-refractivity contribution in [2.75, 3.05) is 26.6 Å². The van der Waals surface area contributed by atoms with Crippen LogP contribution in [0, 0.1) is 0 Å². The van der Waals surface area contributed by atoms with Crippen molar-refractivity contribution in [1.29, 1.82) is 0 Å². The van der Waals surface area contributed by atoms with Crippen LogP contribution in [0.2, 0.25) is 0 Å². The summed E-state index contributed by atoms with van der Waals surface area (Å²) >= 11 is 1.64. The smallest absolute Gasteiger partial charge is 0.225 e. The van der Waals surface area contributed by atoms with Gasteiger partial charge in [0, 0.05) is 39.3 Å². The van der Waals surface area contributed by atoms with Gasteiger partial charge in [0.05, 0.1) is 27.0 Å². The zero-order valence-electron chi connectivity index (χ0n) is 15.9. The Balaban J connectivity index is 1.87. The van der Waals surface area contributed by atoms with E-state index in [1.165, 1.54) is 0 Å². The number of hydrogen-bond acceptors (Lipinski definition) is 5. The largest absolute Gasteiger partial charge is 0.496 e. The minimum absolute atomic E-state index is 0.0167. The number of thiophene rings is 1. The standard InChI is InChI=1S/C22H21NO4S/c1-25-17-9-5-4-7-13(17)16-12-28-22-15(11-19(24)23-20(16)22)14-8-6-10-18(26-2)21(14)27-3/h4-10,12,15H,11H2,1-3H3,(H,23,24)/t15-/m0/s1. The van der Waals surface area contributed by atoms with E-state index in [1.54, 1.807) is 32.7 Å². The molecule has 3 aromatic rings. The molecule has 0 unspecified atom stereocenters. The summed E-state index contributed by atoms with van der Waals surface area (Å²) in [5.74, 6) is 1.99. The fourth-order valence-corrected chi connectivity index (χ4v) is 4.87. The number of benzene rings is 2. The first kappa shape index (κ1) is 18.4. The highest BCUT2D eigenvalue weighted by molar-refractivity contribution is 7.11. The molecule has 1 N–H and O–H groups in total. The third kappa shape index (κ3) is 2.99. The van der Waals surface area contributed by atoms with Crippen LogP contribution in [-0.4, -0.2) is 27.2 Å². The van der Waals surface area contributed by atoms with Crippen molar-refractivity contribution in [3.05, 3.63) is 58.3 Å². The van der Waals surface area contributed by atoms with E-state index in [9.17, 15) is 4.79 Å². The van der Waals surface area contributed by atoms with E-state index in [-0.39, 0.29) is 11.8 Å². The van der Waals surface area contributed by atoms with E-state index in [4.69, 9.17) is 14.2 Å². The number of amides is 1. The summed E-state index contributed by atoms with van der Waals surface area (Å²) < 4.78 is 16.6. The number of hydrogen-bond donors (Lipinski definition) is 1. The summed E-state index contributed by atoms with van der Waals surface area (Å²) in [5, 5.41) is 5.15. The first-order valence-electron chi connectivity index (χ1n) is 8.93. The molecule has 144 valence electrons. The highest BCUT2D eigenvalue weighted by Gasteiger charge is 2.33. The van der Waals surface area contributed by atoms with Gasteiger partial charge in [0.15, 0.2) is 11.5 Å². The van der Waals surface area contributed by atoms with E-state index < -0.39 is 0 Å². The van der Waals surface area contributed by atoms with Gasteiger partial charge in [-0.25, -0.2) is 0 Å². The number of anilines is 1. The second kappa shape index (κ2) is 7.56. The molecule has 0 spiro atoms. The van der Waals surface area contributed by atoms with Gasteiger partial charge in [-0.2, -0.15) is 0 Å². The van der Waals surface area contributed by atoms with E-state index in [2.05, 4.69) is 10.7 Å². The Bertz CT molecular complexity index is 1030. The lowest BCUT2D eigenvalue weighted by molar-refractivity contribution is -0.116. The molecule has 1 aromatic heterocycles. The minimum Gasteiger partial charge on any atom is -0.496 e. The van der Waals surface area contributed by atoms with Crippen molar-refractivity contribution >= 4 is 22.9 Å². The van der Waals surface area contributed by atoms with Crippen LogP contribution in [0.3, 0.4) is 0 Å². The summed E-state index contributed by atoms with van der Waals surface area (Å²) in [6.07, 6.45) is 0.363. The monoisotopic (exact) mass is 395 g/mol. The van der Waals surface area contributed by atoms with Crippen LogP contribution in [-0.2, 0) is 4.79 Å². The molecule has 4 rings (SSSR count). The van der Waals surface area contributed by atoms with Crippen LogP contribution >= 0.6 is 11.3 Å². The van der Waals surface area contributed by atoms with Crippen LogP contribution < -0.4 is 19.5 Å². The molecule has 1 aliphatic heterocycles. The molecule has 6 heteroatoms. The molecule has 0 aliphatic carbocycles. The van der Waals surface area contributed by atoms with Crippen LogP contribution in [0.1, 0.15) is 22.8 Å². The number of methoxy groups -OCH3 is 3.